The number of aromatic nitrogens is 2. The van der Waals surface area contributed by atoms with E-state index >= 15 is 0 Å². The first-order valence-corrected chi connectivity index (χ1v) is 7.56. The third-order valence-corrected chi connectivity index (χ3v) is 4.81. The third-order valence-electron chi connectivity index (χ3n) is 4.81. The van der Waals surface area contributed by atoms with Crippen LogP contribution in [-0.4, -0.2) is 34.1 Å². The van der Waals surface area contributed by atoms with Gasteiger partial charge in [-0.25, -0.2) is 4.98 Å². The summed E-state index contributed by atoms with van der Waals surface area (Å²) >= 11 is 0. The first-order chi connectivity index (χ1) is 9.12. The Morgan fingerprint density at radius 3 is 2.47 bits per heavy atom. The zero-order valence-electron chi connectivity index (χ0n) is 12.6. The molecule has 19 heavy (non-hydrogen) atoms. The normalized spacial score (nSPS) is 21.3. The number of likely N-dealkylation sites (N-methyl/N-ethyl adjacent to an activating group) is 1. The summed E-state index contributed by atoms with van der Waals surface area (Å²) < 4.78 is 2.18. The number of imidazole rings is 1. The molecule has 4 heteroatoms. The van der Waals surface area contributed by atoms with Crippen molar-refractivity contribution >= 4 is 0 Å². The van der Waals surface area contributed by atoms with E-state index in [9.17, 15) is 0 Å². The van der Waals surface area contributed by atoms with Gasteiger partial charge in [0.1, 0.15) is 5.82 Å². The monoisotopic (exact) mass is 264 g/mol. The Labute approximate surface area is 117 Å². The summed E-state index contributed by atoms with van der Waals surface area (Å²) in [7, 11) is 4.34. The Bertz CT molecular complexity index is 389. The van der Waals surface area contributed by atoms with Gasteiger partial charge >= 0.3 is 0 Å². The predicted octanol–water partition coefficient (Wildman–Crippen LogP) is 2.56. The van der Waals surface area contributed by atoms with Crippen molar-refractivity contribution in [1.29, 1.82) is 0 Å². The summed E-state index contributed by atoms with van der Waals surface area (Å²) in [4.78, 5) is 6.88. The third kappa shape index (κ3) is 2.70. The van der Waals surface area contributed by atoms with Gasteiger partial charge in [-0.15, -0.1) is 0 Å². The quantitative estimate of drug-likeness (QED) is 0.850. The van der Waals surface area contributed by atoms with Crippen molar-refractivity contribution < 1.29 is 0 Å². The van der Waals surface area contributed by atoms with E-state index in [4.69, 9.17) is 5.73 Å². The number of nitrogens with zero attached hydrogens (tertiary/aromatic N) is 3. The molecule has 0 spiro atoms. The van der Waals surface area contributed by atoms with Crippen LogP contribution in [0.2, 0.25) is 0 Å². The molecule has 2 N–H and O–H groups in total. The topological polar surface area (TPSA) is 47.1 Å². The Balaban J connectivity index is 2.32. The minimum absolute atomic E-state index is 0.00412. The highest BCUT2D eigenvalue weighted by Gasteiger charge is 2.41. The number of hydrogen-bond donors (Lipinski definition) is 1. The largest absolute Gasteiger partial charge is 0.334 e. The van der Waals surface area contributed by atoms with Gasteiger partial charge in [0.2, 0.25) is 0 Å². The summed E-state index contributed by atoms with van der Waals surface area (Å²) in [5.74, 6) is 1.04. The highest BCUT2D eigenvalue weighted by molar-refractivity contribution is 5.10. The van der Waals surface area contributed by atoms with Gasteiger partial charge < -0.3 is 15.2 Å². The molecule has 0 bridgehead atoms. The highest BCUT2D eigenvalue weighted by Crippen LogP contribution is 2.39. The van der Waals surface area contributed by atoms with E-state index in [1.807, 2.05) is 12.4 Å². The maximum Gasteiger partial charge on any atom is 0.127 e. The van der Waals surface area contributed by atoms with E-state index in [1.165, 1.54) is 38.5 Å². The predicted molar refractivity (Wildman–Crippen MR) is 78.9 cm³/mol. The van der Waals surface area contributed by atoms with Gasteiger partial charge in [-0.3, -0.25) is 0 Å². The molecule has 0 aromatic carbocycles. The smallest absolute Gasteiger partial charge is 0.127 e. The molecular formula is C15H28N4. The lowest BCUT2D eigenvalue weighted by molar-refractivity contribution is 0.0920. The molecule has 108 valence electrons. The van der Waals surface area contributed by atoms with Crippen molar-refractivity contribution in [2.24, 2.45) is 5.73 Å². The SMILES string of the molecule is CCn1ccnc1C(N)C1(N(C)C)CCCCCC1. The van der Waals surface area contributed by atoms with Crippen LogP contribution in [0.15, 0.2) is 12.4 Å². The van der Waals surface area contributed by atoms with Crippen LogP contribution in [0.4, 0.5) is 0 Å². The van der Waals surface area contributed by atoms with E-state index in [2.05, 4.69) is 35.5 Å². The van der Waals surface area contributed by atoms with Gasteiger partial charge in [-0.05, 0) is 33.9 Å². The van der Waals surface area contributed by atoms with Crippen LogP contribution in [0.25, 0.3) is 0 Å². The van der Waals surface area contributed by atoms with Crippen LogP contribution in [0.5, 0.6) is 0 Å². The number of aryl methyl sites for hydroxylation is 1. The molecular weight excluding hydrogens is 236 g/mol. The van der Waals surface area contributed by atoms with Gasteiger partial charge in [0.15, 0.2) is 0 Å². The average molecular weight is 264 g/mol. The van der Waals surface area contributed by atoms with E-state index in [-0.39, 0.29) is 11.6 Å². The second-order valence-corrected chi connectivity index (χ2v) is 5.96. The van der Waals surface area contributed by atoms with E-state index < -0.39 is 0 Å². The summed E-state index contributed by atoms with van der Waals surface area (Å²) in [6.45, 7) is 3.08. The summed E-state index contributed by atoms with van der Waals surface area (Å²) in [5, 5.41) is 0. The fraction of sp³-hybridized carbons (Fsp3) is 0.800. The van der Waals surface area contributed by atoms with Crippen molar-refractivity contribution in [2.75, 3.05) is 14.1 Å². The first-order valence-electron chi connectivity index (χ1n) is 7.56. The molecule has 1 atom stereocenters. The summed E-state index contributed by atoms with van der Waals surface area (Å²) in [6, 6.07) is -0.00412. The van der Waals surface area contributed by atoms with Crippen molar-refractivity contribution in [3.8, 4) is 0 Å². The highest BCUT2D eigenvalue weighted by atomic mass is 15.2. The molecule has 1 aliphatic carbocycles. The van der Waals surface area contributed by atoms with Crippen molar-refractivity contribution in [1.82, 2.24) is 14.5 Å². The zero-order valence-corrected chi connectivity index (χ0v) is 12.6. The van der Waals surface area contributed by atoms with Gasteiger partial charge in [-0.1, -0.05) is 25.7 Å². The average Bonchev–Trinajstić information content (AvgIpc) is 2.73. The first kappa shape index (κ1) is 14.5. The minimum atomic E-state index is -0.00412. The van der Waals surface area contributed by atoms with Gasteiger partial charge in [0, 0.05) is 24.5 Å². The molecule has 1 aromatic rings. The molecule has 1 aliphatic rings. The number of rotatable bonds is 4. The van der Waals surface area contributed by atoms with E-state index in [0.29, 0.717) is 0 Å². The number of hydrogen-bond acceptors (Lipinski definition) is 3. The second kappa shape index (κ2) is 6.06. The van der Waals surface area contributed by atoms with Crippen molar-refractivity contribution in [3.63, 3.8) is 0 Å². The molecule has 1 heterocycles. The molecule has 1 unspecified atom stereocenters. The standard InChI is InChI=1S/C15H28N4/c1-4-19-12-11-17-14(19)13(16)15(18(2)3)9-7-5-6-8-10-15/h11-13H,4-10,16H2,1-3H3. The maximum atomic E-state index is 6.67. The lowest BCUT2D eigenvalue weighted by Crippen LogP contribution is -2.52. The lowest BCUT2D eigenvalue weighted by Gasteiger charge is -2.44. The fourth-order valence-corrected chi connectivity index (χ4v) is 3.48. The minimum Gasteiger partial charge on any atom is -0.334 e. The van der Waals surface area contributed by atoms with Crippen LogP contribution in [0.1, 0.15) is 57.3 Å². The van der Waals surface area contributed by atoms with Crippen LogP contribution in [0.3, 0.4) is 0 Å². The maximum absolute atomic E-state index is 6.67. The molecule has 1 saturated carbocycles. The zero-order chi connectivity index (χ0) is 13.9. The van der Waals surface area contributed by atoms with Crippen LogP contribution in [0, 0.1) is 0 Å². The molecule has 1 fully saturated rings. The molecule has 0 radical (unpaired) electrons. The lowest BCUT2D eigenvalue weighted by atomic mass is 9.81. The second-order valence-electron chi connectivity index (χ2n) is 5.96. The van der Waals surface area contributed by atoms with Crippen molar-refractivity contribution in [2.45, 2.75) is 63.6 Å². The molecule has 1 aromatic heterocycles. The van der Waals surface area contributed by atoms with Gasteiger partial charge in [0.05, 0.1) is 6.04 Å². The Kier molecular flexibility index (Phi) is 4.63. The Morgan fingerprint density at radius 2 is 1.95 bits per heavy atom. The summed E-state index contributed by atoms with van der Waals surface area (Å²) in [5.41, 5.74) is 6.74. The molecule has 4 nitrogen and oxygen atoms in total. The van der Waals surface area contributed by atoms with Crippen LogP contribution in [-0.2, 0) is 6.54 Å². The van der Waals surface area contributed by atoms with Crippen LogP contribution < -0.4 is 5.73 Å². The molecule has 2 rings (SSSR count). The molecule has 0 saturated heterocycles. The molecule has 0 aliphatic heterocycles. The van der Waals surface area contributed by atoms with Crippen molar-refractivity contribution in [3.05, 3.63) is 18.2 Å². The fourth-order valence-electron chi connectivity index (χ4n) is 3.48. The summed E-state index contributed by atoms with van der Waals surface area (Å²) in [6.07, 6.45) is 11.5. The number of nitrogens with two attached hydrogens (primary N) is 1. The molecule has 0 amide bonds. The van der Waals surface area contributed by atoms with Gasteiger partial charge in [0.25, 0.3) is 0 Å². The van der Waals surface area contributed by atoms with E-state index in [1.54, 1.807) is 0 Å². The Morgan fingerprint density at radius 1 is 1.32 bits per heavy atom. The Hall–Kier alpha value is -0.870. The van der Waals surface area contributed by atoms with Gasteiger partial charge in [-0.2, -0.15) is 0 Å². The van der Waals surface area contributed by atoms with E-state index in [0.717, 1.165) is 12.4 Å². The van der Waals surface area contributed by atoms with Crippen LogP contribution >= 0.6 is 0 Å².